The maximum absolute atomic E-state index is 12.3. The summed E-state index contributed by atoms with van der Waals surface area (Å²) in [5.74, 6) is 0.717. The van der Waals surface area contributed by atoms with Crippen LogP contribution in [-0.2, 0) is 6.54 Å². The topological polar surface area (TPSA) is 69.3 Å². The van der Waals surface area contributed by atoms with Crippen molar-refractivity contribution in [3.05, 3.63) is 47.8 Å². The zero-order valence-electron chi connectivity index (χ0n) is 12.0. The summed E-state index contributed by atoms with van der Waals surface area (Å²) in [5, 5.41) is 2.93. The molecule has 1 saturated carbocycles. The molecule has 1 aromatic heterocycles. The average Bonchev–Trinajstić information content (AvgIpc) is 3.27. The minimum Gasteiger partial charge on any atom is -0.497 e. The van der Waals surface area contributed by atoms with Gasteiger partial charge < -0.3 is 20.4 Å². The van der Waals surface area contributed by atoms with Crippen LogP contribution < -0.4 is 15.8 Å². The second-order valence-electron chi connectivity index (χ2n) is 5.33. The second kappa shape index (κ2) is 5.52. The van der Waals surface area contributed by atoms with Gasteiger partial charge in [0.15, 0.2) is 0 Å². The molecule has 0 spiro atoms. The van der Waals surface area contributed by atoms with Gasteiger partial charge in [0, 0.05) is 18.8 Å². The lowest BCUT2D eigenvalue weighted by molar-refractivity contribution is 0.0941. The SMILES string of the molecule is COc1ccc(CNC(=O)c2cc(N)cn2C2CC2)cc1. The van der Waals surface area contributed by atoms with E-state index in [0.29, 0.717) is 24.0 Å². The Morgan fingerprint density at radius 3 is 2.71 bits per heavy atom. The van der Waals surface area contributed by atoms with E-state index < -0.39 is 0 Å². The maximum Gasteiger partial charge on any atom is 0.268 e. The molecular weight excluding hydrogens is 266 g/mol. The van der Waals surface area contributed by atoms with Gasteiger partial charge in [-0.2, -0.15) is 0 Å². The number of nitrogens with zero attached hydrogens (tertiary/aromatic N) is 1. The van der Waals surface area contributed by atoms with Crippen molar-refractivity contribution in [3.63, 3.8) is 0 Å². The number of hydrogen-bond donors (Lipinski definition) is 2. The van der Waals surface area contributed by atoms with Crippen molar-refractivity contribution < 1.29 is 9.53 Å². The van der Waals surface area contributed by atoms with Gasteiger partial charge in [-0.1, -0.05) is 12.1 Å². The highest BCUT2D eigenvalue weighted by molar-refractivity contribution is 5.93. The number of nitrogen functional groups attached to an aromatic ring is 1. The quantitative estimate of drug-likeness (QED) is 0.886. The largest absolute Gasteiger partial charge is 0.497 e. The van der Waals surface area contributed by atoms with Crippen LogP contribution in [0.3, 0.4) is 0 Å². The van der Waals surface area contributed by atoms with Crippen molar-refractivity contribution in [3.8, 4) is 5.75 Å². The number of amides is 1. The molecule has 1 aliphatic rings. The van der Waals surface area contributed by atoms with Gasteiger partial charge >= 0.3 is 0 Å². The Balaban J connectivity index is 1.65. The number of anilines is 1. The summed E-state index contributed by atoms with van der Waals surface area (Å²) in [7, 11) is 1.63. The van der Waals surface area contributed by atoms with E-state index in [0.717, 1.165) is 24.2 Å². The smallest absolute Gasteiger partial charge is 0.268 e. The van der Waals surface area contributed by atoms with Gasteiger partial charge in [-0.05, 0) is 36.6 Å². The third-order valence-corrected chi connectivity index (χ3v) is 3.65. The number of nitrogens with two attached hydrogens (primary N) is 1. The first-order valence-corrected chi connectivity index (χ1v) is 7.06. The molecule has 3 N–H and O–H groups in total. The van der Waals surface area contributed by atoms with Crippen LogP contribution in [-0.4, -0.2) is 17.6 Å². The summed E-state index contributed by atoms with van der Waals surface area (Å²) in [6.07, 6.45) is 4.08. The fourth-order valence-corrected chi connectivity index (χ4v) is 2.35. The lowest BCUT2D eigenvalue weighted by atomic mass is 10.2. The Bertz CT molecular complexity index is 642. The Morgan fingerprint density at radius 2 is 2.10 bits per heavy atom. The minimum absolute atomic E-state index is 0.0885. The van der Waals surface area contributed by atoms with E-state index in [1.807, 2.05) is 35.0 Å². The lowest BCUT2D eigenvalue weighted by Crippen LogP contribution is -2.25. The first-order valence-electron chi connectivity index (χ1n) is 7.06. The molecule has 2 aromatic rings. The van der Waals surface area contributed by atoms with Crippen LogP contribution in [0.4, 0.5) is 5.69 Å². The maximum atomic E-state index is 12.3. The molecule has 0 aliphatic heterocycles. The number of carbonyl (C=O) groups excluding carboxylic acids is 1. The van der Waals surface area contributed by atoms with Crippen molar-refractivity contribution in [1.82, 2.24) is 9.88 Å². The highest BCUT2D eigenvalue weighted by Gasteiger charge is 2.27. The van der Waals surface area contributed by atoms with Gasteiger partial charge in [0.05, 0.1) is 12.8 Å². The Morgan fingerprint density at radius 1 is 1.38 bits per heavy atom. The van der Waals surface area contributed by atoms with E-state index in [-0.39, 0.29) is 5.91 Å². The van der Waals surface area contributed by atoms with Gasteiger partial charge in [-0.25, -0.2) is 0 Å². The molecule has 0 radical (unpaired) electrons. The van der Waals surface area contributed by atoms with Crippen LogP contribution in [0.15, 0.2) is 36.5 Å². The summed E-state index contributed by atoms with van der Waals surface area (Å²) in [5.41, 5.74) is 8.11. The molecular formula is C16H19N3O2. The van der Waals surface area contributed by atoms with E-state index in [1.54, 1.807) is 13.2 Å². The van der Waals surface area contributed by atoms with Crippen LogP contribution in [0.1, 0.15) is 34.9 Å². The minimum atomic E-state index is -0.0885. The molecule has 5 heteroatoms. The molecule has 0 bridgehead atoms. The van der Waals surface area contributed by atoms with Crippen molar-refractivity contribution in [2.24, 2.45) is 0 Å². The van der Waals surface area contributed by atoms with Gasteiger partial charge in [0.1, 0.15) is 11.4 Å². The summed E-state index contributed by atoms with van der Waals surface area (Å²) in [4.78, 5) is 12.3. The van der Waals surface area contributed by atoms with Crippen LogP contribution in [0.2, 0.25) is 0 Å². The predicted octanol–water partition coefficient (Wildman–Crippen LogP) is 2.34. The van der Waals surface area contributed by atoms with E-state index in [9.17, 15) is 4.79 Å². The predicted molar refractivity (Wildman–Crippen MR) is 81.3 cm³/mol. The lowest BCUT2D eigenvalue weighted by Gasteiger charge is -2.09. The Hall–Kier alpha value is -2.43. The van der Waals surface area contributed by atoms with Crippen LogP contribution >= 0.6 is 0 Å². The van der Waals surface area contributed by atoms with Gasteiger partial charge in [-0.15, -0.1) is 0 Å². The molecule has 1 heterocycles. The van der Waals surface area contributed by atoms with Crippen molar-refractivity contribution in [2.75, 3.05) is 12.8 Å². The zero-order valence-corrected chi connectivity index (χ0v) is 12.0. The first kappa shape index (κ1) is 13.5. The number of nitrogens with one attached hydrogen (secondary N) is 1. The normalized spacial score (nSPS) is 14.0. The number of aromatic nitrogens is 1. The second-order valence-corrected chi connectivity index (χ2v) is 5.33. The van der Waals surface area contributed by atoms with Gasteiger partial charge in [-0.3, -0.25) is 4.79 Å². The summed E-state index contributed by atoms with van der Waals surface area (Å²) in [6, 6.07) is 9.81. The molecule has 21 heavy (non-hydrogen) atoms. The van der Waals surface area contributed by atoms with Crippen molar-refractivity contribution in [2.45, 2.75) is 25.4 Å². The molecule has 0 unspecified atom stereocenters. The number of rotatable bonds is 5. The van der Waals surface area contributed by atoms with E-state index in [4.69, 9.17) is 10.5 Å². The molecule has 1 fully saturated rings. The van der Waals surface area contributed by atoms with E-state index >= 15 is 0 Å². The molecule has 0 saturated heterocycles. The zero-order chi connectivity index (χ0) is 14.8. The molecule has 1 aliphatic carbocycles. The number of hydrogen-bond acceptors (Lipinski definition) is 3. The molecule has 110 valence electrons. The third kappa shape index (κ3) is 3.02. The Kier molecular flexibility index (Phi) is 3.56. The van der Waals surface area contributed by atoms with E-state index in [1.165, 1.54) is 0 Å². The van der Waals surface area contributed by atoms with Crippen LogP contribution in [0, 0.1) is 0 Å². The van der Waals surface area contributed by atoms with Gasteiger partial charge in [0.2, 0.25) is 0 Å². The number of carbonyl (C=O) groups is 1. The number of ether oxygens (including phenoxy) is 1. The molecule has 3 rings (SSSR count). The van der Waals surface area contributed by atoms with E-state index in [2.05, 4.69) is 5.32 Å². The first-order chi connectivity index (χ1) is 10.2. The third-order valence-electron chi connectivity index (χ3n) is 3.65. The van der Waals surface area contributed by atoms with Crippen LogP contribution in [0.5, 0.6) is 5.75 Å². The highest BCUT2D eigenvalue weighted by atomic mass is 16.5. The number of benzene rings is 1. The molecule has 1 amide bonds. The summed E-state index contributed by atoms with van der Waals surface area (Å²) in [6.45, 7) is 0.485. The summed E-state index contributed by atoms with van der Waals surface area (Å²) < 4.78 is 7.10. The monoisotopic (exact) mass is 285 g/mol. The molecule has 5 nitrogen and oxygen atoms in total. The van der Waals surface area contributed by atoms with Crippen molar-refractivity contribution >= 4 is 11.6 Å². The standard InChI is InChI=1S/C16H19N3O2/c1-21-14-6-2-11(3-7-14)9-18-16(20)15-8-12(17)10-19(15)13-4-5-13/h2-3,6-8,10,13H,4-5,9,17H2,1H3,(H,18,20). The number of methoxy groups -OCH3 is 1. The summed E-state index contributed by atoms with van der Waals surface area (Å²) >= 11 is 0. The molecule has 1 aromatic carbocycles. The highest BCUT2D eigenvalue weighted by Crippen LogP contribution is 2.37. The Labute approximate surface area is 123 Å². The molecule has 0 atom stereocenters. The van der Waals surface area contributed by atoms with Crippen LogP contribution in [0.25, 0.3) is 0 Å². The fourth-order valence-electron chi connectivity index (χ4n) is 2.35. The fraction of sp³-hybridized carbons (Fsp3) is 0.312. The van der Waals surface area contributed by atoms with Crippen molar-refractivity contribution in [1.29, 1.82) is 0 Å². The average molecular weight is 285 g/mol. The van der Waals surface area contributed by atoms with Gasteiger partial charge in [0.25, 0.3) is 5.91 Å².